The lowest BCUT2D eigenvalue weighted by atomic mass is 10.2. The van der Waals surface area contributed by atoms with Gasteiger partial charge in [-0.1, -0.05) is 0 Å². The van der Waals surface area contributed by atoms with Crippen molar-refractivity contribution in [1.29, 1.82) is 0 Å². The summed E-state index contributed by atoms with van der Waals surface area (Å²) in [5.74, 6) is -0.462. The van der Waals surface area contributed by atoms with Crippen molar-refractivity contribution >= 4 is 11.6 Å². The number of aromatic nitrogens is 4. The van der Waals surface area contributed by atoms with Crippen LogP contribution in [0.5, 0.6) is 0 Å². The second-order valence-electron chi connectivity index (χ2n) is 5.01. The Labute approximate surface area is 124 Å². The largest absolute Gasteiger partial charge is 0.435 e. The molecule has 0 saturated carbocycles. The molecule has 2 rings (SSSR count). The highest BCUT2D eigenvalue weighted by Crippen LogP contribution is 2.28. The van der Waals surface area contributed by atoms with Crippen LogP contribution in [0.3, 0.4) is 0 Å². The van der Waals surface area contributed by atoms with Crippen LogP contribution < -0.4 is 5.32 Å². The van der Waals surface area contributed by atoms with E-state index in [0.29, 0.717) is 11.4 Å². The zero-order valence-corrected chi connectivity index (χ0v) is 12.6. The van der Waals surface area contributed by atoms with Crippen LogP contribution in [0.15, 0.2) is 12.3 Å². The topological polar surface area (TPSA) is 64.7 Å². The van der Waals surface area contributed by atoms with E-state index < -0.39 is 23.8 Å². The first-order valence-electron chi connectivity index (χ1n) is 6.54. The fourth-order valence-corrected chi connectivity index (χ4v) is 2.01. The van der Waals surface area contributed by atoms with E-state index >= 15 is 0 Å². The molecule has 0 saturated heterocycles. The van der Waals surface area contributed by atoms with E-state index in [0.717, 1.165) is 22.6 Å². The molecule has 0 aliphatic rings. The minimum atomic E-state index is -4.53. The Morgan fingerprint density at radius 2 is 1.95 bits per heavy atom. The number of hydrogen-bond donors (Lipinski definition) is 1. The van der Waals surface area contributed by atoms with Crippen LogP contribution in [0.4, 0.5) is 18.9 Å². The van der Waals surface area contributed by atoms with E-state index in [1.807, 2.05) is 0 Å². The Morgan fingerprint density at radius 1 is 1.32 bits per heavy atom. The third-order valence-corrected chi connectivity index (χ3v) is 3.43. The number of amides is 1. The lowest BCUT2D eigenvalue weighted by Gasteiger charge is -2.13. The highest BCUT2D eigenvalue weighted by Gasteiger charge is 2.34. The molecule has 0 bridgehead atoms. The predicted octanol–water partition coefficient (Wildman–Crippen LogP) is 2.45. The van der Waals surface area contributed by atoms with Crippen molar-refractivity contribution in [3.05, 3.63) is 29.3 Å². The molecular weight excluding hydrogens is 299 g/mol. The summed E-state index contributed by atoms with van der Waals surface area (Å²) in [6.45, 7) is 5.00. The SMILES string of the molecule is Cc1nn(C)c(C)c1NC(=O)[C@@H](C)n1ccc(C(F)(F)F)n1. The van der Waals surface area contributed by atoms with Gasteiger partial charge in [0.25, 0.3) is 0 Å². The molecule has 0 aliphatic carbocycles. The number of carbonyl (C=O) groups is 1. The van der Waals surface area contributed by atoms with Crippen molar-refractivity contribution in [2.24, 2.45) is 7.05 Å². The molecule has 2 aromatic heterocycles. The van der Waals surface area contributed by atoms with Crippen molar-refractivity contribution < 1.29 is 18.0 Å². The van der Waals surface area contributed by atoms with Gasteiger partial charge in [0.2, 0.25) is 5.91 Å². The number of nitrogens with one attached hydrogen (secondary N) is 1. The standard InChI is InChI=1S/C13H16F3N5O/c1-7-11(8(2)20(4)18-7)17-12(22)9(3)21-6-5-10(19-21)13(14,15)16/h5-6,9H,1-4H3,(H,17,22)/t9-/m1/s1. The molecule has 0 radical (unpaired) electrons. The Balaban J connectivity index is 2.17. The molecule has 1 N–H and O–H groups in total. The molecule has 1 atom stereocenters. The number of halogens is 3. The maximum atomic E-state index is 12.5. The summed E-state index contributed by atoms with van der Waals surface area (Å²) >= 11 is 0. The molecule has 2 heterocycles. The molecule has 2 aromatic rings. The first-order valence-corrected chi connectivity index (χ1v) is 6.54. The minimum absolute atomic E-state index is 0.462. The number of hydrogen-bond acceptors (Lipinski definition) is 3. The molecule has 1 amide bonds. The summed E-state index contributed by atoms with van der Waals surface area (Å²) < 4.78 is 40.2. The first kappa shape index (κ1) is 16.1. The zero-order valence-electron chi connectivity index (χ0n) is 12.6. The van der Waals surface area contributed by atoms with E-state index in [1.54, 1.807) is 25.6 Å². The first-order chi connectivity index (χ1) is 10.1. The van der Waals surface area contributed by atoms with Gasteiger partial charge in [-0.2, -0.15) is 23.4 Å². The van der Waals surface area contributed by atoms with Crippen molar-refractivity contribution in [2.45, 2.75) is 33.0 Å². The minimum Gasteiger partial charge on any atom is -0.321 e. The number of aryl methyl sites for hydroxylation is 2. The van der Waals surface area contributed by atoms with Crippen LogP contribution in [0.25, 0.3) is 0 Å². The van der Waals surface area contributed by atoms with Gasteiger partial charge in [-0.15, -0.1) is 0 Å². The molecule has 0 aliphatic heterocycles. The van der Waals surface area contributed by atoms with Gasteiger partial charge in [-0.25, -0.2) is 0 Å². The van der Waals surface area contributed by atoms with Gasteiger partial charge in [0.05, 0.1) is 17.1 Å². The quantitative estimate of drug-likeness (QED) is 0.946. The third kappa shape index (κ3) is 2.97. The van der Waals surface area contributed by atoms with Gasteiger partial charge < -0.3 is 5.32 Å². The summed E-state index contributed by atoms with van der Waals surface area (Å²) in [4.78, 5) is 12.2. The van der Waals surface area contributed by atoms with E-state index in [1.165, 1.54) is 6.92 Å². The number of carbonyl (C=O) groups excluding carboxylic acids is 1. The fourth-order valence-electron chi connectivity index (χ4n) is 2.01. The monoisotopic (exact) mass is 315 g/mol. The Morgan fingerprint density at radius 3 is 2.41 bits per heavy atom. The summed E-state index contributed by atoms with van der Waals surface area (Å²) in [7, 11) is 1.74. The van der Waals surface area contributed by atoms with E-state index in [4.69, 9.17) is 0 Å². The maximum absolute atomic E-state index is 12.5. The number of rotatable bonds is 3. The van der Waals surface area contributed by atoms with Gasteiger partial charge in [-0.05, 0) is 26.8 Å². The van der Waals surface area contributed by atoms with Crippen LogP contribution in [0, 0.1) is 13.8 Å². The van der Waals surface area contributed by atoms with Crippen molar-refractivity contribution in [3.8, 4) is 0 Å². The number of nitrogens with zero attached hydrogens (tertiary/aromatic N) is 4. The van der Waals surface area contributed by atoms with Gasteiger partial charge in [0, 0.05) is 13.2 Å². The molecule has 0 aromatic carbocycles. The number of alkyl halides is 3. The van der Waals surface area contributed by atoms with Crippen LogP contribution in [-0.2, 0) is 18.0 Å². The summed E-state index contributed by atoms with van der Waals surface area (Å²) in [5.41, 5.74) is 0.926. The molecule has 0 fully saturated rings. The highest BCUT2D eigenvalue weighted by molar-refractivity contribution is 5.94. The maximum Gasteiger partial charge on any atom is 0.435 e. The third-order valence-electron chi connectivity index (χ3n) is 3.43. The van der Waals surface area contributed by atoms with E-state index in [9.17, 15) is 18.0 Å². The van der Waals surface area contributed by atoms with Crippen LogP contribution in [-0.4, -0.2) is 25.5 Å². The van der Waals surface area contributed by atoms with Crippen LogP contribution >= 0.6 is 0 Å². The van der Waals surface area contributed by atoms with Crippen LogP contribution in [0.1, 0.15) is 30.0 Å². The molecular formula is C13H16F3N5O. The second-order valence-corrected chi connectivity index (χ2v) is 5.01. The molecule has 9 heteroatoms. The Kier molecular flexibility index (Phi) is 3.99. The van der Waals surface area contributed by atoms with Crippen molar-refractivity contribution in [2.75, 3.05) is 5.32 Å². The Bertz CT molecular complexity index is 701. The second kappa shape index (κ2) is 5.47. The zero-order chi connectivity index (χ0) is 16.7. The van der Waals surface area contributed by atoms with Crippen molar-refractivity contribution in [1.82, 2.24) is 19.6 Å². The molecule has 22 heavy (non-hydrogen) atoms. The molecule has 0 unspecified atom stereocenters. The smallest absolute Gasteiger partial charge is 0.321 e. The average Bonchev–Trinajstić information content (AvgIpc) is 2.99. The van der Waals surface area contributed by atoms with Gasteiger partial charge in [-0.3, -0.25) is 14.2 Å². The lowest BCUT2D eigenvalue weighted by Crippen LogP contribution is -2.25. The highest BCUT2D eigenvalue weighted by atomic mass is 19.4. The van der Waals surface area contributed by atoms with Gasteiger partial charge in [0.1, 0.15) is 6.04 Å². The van der Waals surface area contributed by atoms with Crippen LogP contribution in [0.2, 0.25) is 0 Å². The van der Waals surface area contributed by atoms with Gasteiger partial charge in [0.15, 0.2) is 5.69 Å². The summed E-state index contributed by atoms with van der Waals surface area (Å²) in [5, 5.41) is 10.2. The number of anilines is 1. The summed E-state index contributed by atoms with van der Waals surface area (Å²) in [6.07, 6.45) is -3.39. The van der Waals surface area contributed by atoms with Gasteiger partial charge >= 0.3 is 6.18 Å². The fraction of sp³-hybridized carbons (Fsp3) is 0.462. The van der Waals surface area contributed by atoms with E-state index in [-0.39, 0.29) is 0 Å². The lowest BCUT2D eigenvalue weighted by molar-refractivity contribution is -0.141. The van der Waals surface area contributed by atoms with E-state index in [2.05, 4.69) is 15.5 Å². The summed E-state index contributed by atoms with van der Waals surface area (Å²) in [6, 6.07) is -0.0419. The van der Waals surface area contributed by atoms with Crippen molar-refractivity contribution in [3.63, 3.8) is 0 Å². The molecule has 6 nitrogen and oxygen atoms in total. The Hall–Kier alpha value is -2.32. The average molecular weight is 315 g/mol. The molecule has 120 valence electrons. The molecule has 0 spiro atoms. The predicted molar refractivity (Wildman–Crippen MR) is 73.3 cm³/mol. The normalized spacial score (nSPS) is 13.2.